The van der Waals surface area contributed by atoms with Gasteiger partial charge in [-0.2, -0.15) is 31.7 Å². The van der Waals surface area contributed by atoms with E-state index in [4.69, 9.17) is 9.29 Å². The number of hydrogen-bond acceptors (Lipinski definition) is 11. The second kappa shape index (κ2) is 19.2. The summed E-state index contributed by atoms with van der Waals surface area (Å²) in [5.41, 5.74) is -0.662. The maximum atomic E-state index is 12.8. The average molecular weight is 768 g/mol. The molecule has 294 valence electrons. The normalized spacial score (nSPS) is 18.0. The smallest absolute Gasteiger partial charge is 0.422 e. The number of aromatic nitrogens is 2. The van der Waals surface area contributed by atoms with Crippen LogP contribution in [-0.2, 0) is 36.7 Å². The first kappa shape index (κ1) is 44.1. The Balaban J connectivity index is 0.000000449. The number of fused-ring (bicyclic) bond motifs is 4. The summed E-state index contributed by atoms with van der Waals surface area (Å²) in [7, 11) is -8.02. The molecule has 0 unspecified atom stereocenters. The Morgan fingerprint density at radius 3 is 1.94 bits per heavy atom. The molecule has 1 aromatic rings. The molecule has 18 nitrogen and oxygen atoms in total. The van der Waals surface area contributed by atoms with Crippen LogP contribution >= 0.6 is 0 Å². The summed E-state index contributed by atoms with van der Waals surface area (Å²) in [6.07, 6.45) is 11.1. The van der Waals surface area contributed by atoms with Crippen LogP contribution in [0.2, 0.25) is 0 Å². The van der Waals surface area contributed by atoms with Crippen molar-refractivity contribution >= 4 is 38.4 Å². The van der Waals surface area contributed by atoms with E-state index in [1.165, 1.54) is 121 Å². The number of urea groups is 1. The van der Waals surface area contributed by atoms with Crippen molar-refractivity contribution in [2.24, 2.45) is 12.2 Å². The minimum absolute atomic E-state index is 0.153. The van der Waals surface area contributed by atoms with Gasteiger partial charge in [0, 0.05) is 12.6 Å². The molecule has 3 heterocycles. The predicted molar refractivity (Wildman–Crippen MR) is 190 cm³/mol. The number of unbranched alkanes of at least 4 members (excludes halogenated alkanes) is 4. The highest BCUT2D eigenvalue weighted by Gasteiger charge is 2.53. The van der Waals surface area contributed by atoms with E-state index in [1.54, 1.807) is 4.72 Å². The summed E-state index contributed by atoms with van der Waals surface area (Å²) in [4.78, 5) is 25.6. The van der Waals surface area contributed by atoms with Crippen molar-refractivity contribution in [2.45, 2.75) is 118 Å². The first-order valence-electron chi connectivity index (χ1n) is 17.6. The fourth-order valence-electron chi connectivity index (χ4n) is 6.21. The third kappa shape index (κ3) is 13.2. The monoisotopic (exact) mass is 767 g/mol. The van der Waals surface area contributed by atoms with Crippen LogP contribution in [0.15, 0.2) is 11.4 Å². The van der Waals surface area contributed by atoms with Gasteiger partial charge in [-0.25, -0.2) is 14.3 Å². The number of carbonyl (C=O) groups excluding carboxylic acids is 2. The molecule has 1 fully saturated rings. The fourth-order valence-corrected chi connectivity index (χ4v) is 7.25. The molecule has 2 bridgehead atoms. The Morgan fingerprint density at radius 1 is 1.00 bits per heavy atom. The summed E-state index contributed by atoms with van der Waals surface area (Å²) in [5, 5.41) is 17.2. The van der Waals surface area contributed by atoms with Gasteiger partial charge in [-0.05, 0) is 46.5 Å². The number of quaternary nitrogens is 1. The van der Waals surface area contributed by atoms with Gasteiger partial charge in [-0.3, -0.25) is 9.23 Å². The zero-order chi connectivity index (χ0) is 38.6. The zero-order valence-electron chi connectivity index (χ0n) is 31.3. The molecule has 4 N–H and O–H groups in total. The van der Waals surface area contributed by atoms with E-state index in [1.807, 2.05) is 4.72 Å². The highest BCUT2D eigenvalue weighted by atomic mass is 32.3. The van der Waals surface area contributed by atoms with E-state index in [2.05, 4.69) is 42.2 Å². The standard InChI is InChI=1S/C16H36N.C15H23N7O10S2/c1-5-9-13-17(14-10-6-2,15-11-7-3)16-12-8-4;1-15(2,3)31-13(23)19-33(26,27)17-6-9(18-25)12-11-8(5-16-20(11)4)10-7-21(12)14(24)22(10)32-34(28,29)30/h5-16H2,1-4H3;5,10,12,17,25H,6-7H2,1-4H3,(H,19,23)(H,28,29,30)/q+1;/b;18-9+/t;10-,12+/m.0/s1. The van der Waals surface area contributed by atoms with E-state index in [0.29, 0.717) is 10.6 Å². The van der Waals surface area contributed by atoms with Crippen molar-refractivity contribution in [3.8, 4) is 0 Å². The molecular formula is C31H59N8O10S2+. The SMILES string of the molecule is CCCC[N+](CCCC)(CCCC)CCCC.Cn1ncc2c1[C@@H](/C(CNS(=O)(=O)NC(=O)OC(C)(C)C)=N/O)N1C[C@@H]2N(OS(=O)(=O)O)C1=O. The lowest BCUT2D eigenvalue weighted by molar-refractivity contribution is -0.929. The first-order valence-corrected chi connectivity index (χ1v) is 20.5. The third-order valence-electron chi connectivity index (χ3n) is 8.65. The number of amides is 3. The van der Waals surface area contributed by atoms with Crippen LogP contribution < -0.4 is 9.44 Å². The summed E-state index contributed by atoms with van der Waals surface area (Å²) in [6, 6.07) is -3.17. The number of hydroxylamine groups is 2. The average Bonchev–Trinajstić information content (AvgIpc) is 3.54. The Labute approximate surface area is 303 Å². The topological polar surface area (TPSA) is 222 Å². The predicted octanol–water partition coefficient (Wildman–Crippen LogP) is 4.18. The van der Waals surface area contributed by atoms with Crippen molar-refractivity contribution in [3.05, 3.63) is 17.5 Å². The summed E-state index contributed by atoms with van der Waals surface area (Å²) in [5.74, 6) is 0. The van der Waals surface area contributed by atoms with Crippen LogP contribution in [0, 0.1) is 0 Å². The van der Waals surface area contributed by atoms with E-state index < -0.39 is 57.0 Å². The molecule has 51 heavy (non-hydrogen) atoms. The molecule has 1 aromatic heterocycles. The minimum atomic E-state index is -5.04. The molecule has 0 aliphatic carbocycles. The minimum Gasteiger partial charge on any atom is -0.443 e. The van der Waals surface area contributed by atoms with Crippen LogP contribution in [0.5, 0.6) is 0 Å². The number of ether oxygens (including phenoxy) is 1. The molecule has 0 spiro atoms. The molecule has 2 aliphatic heterocycles. The van der Waals surface area contributed by atoms with E-state index >= 15 is 0 Å². The second-order valence-corrected chi connectivity index (χ2v) is 16.5. The van der Waals surface area contributed by atoms with Gasteiger partial charge in [-0.1, -0.05) is 58.5 Å². The van der Waals surface area contributed by atoms with E-state index in [9.17, 15) is 31.6 Å². The number of oxime groups is 1. The molecular weight excluding hydrogens is 709 g/mol. The van der Waals surface area contributed by atoms with E-state index in [0.717, 1.165) is 4.90 Å². The van der Waals surface area contributed by atoms with Gasteiger partial charge in [0.15, 0.2) is 0 Å². The fraction of sp³-hybridized carbons (Fsp3) is 0.806. The maximum absolute atomic E-state index is 12.8. The molecule has 0 saturated carbocycles. The molecule has 2 aliphatic rings. The number of carbonyl (C=O) groups is 2. The molecule has 20 heteroatoms. The highest BCUT2D eigenvalue weighted by Crippen LogP contribution is 2.44. The van der Waals surface area contributed by atoms with Gasteiger partial charge < -0.3 is 19.3 Å². The van der Waals surface area contributed by atoms with Gasteiger partial charge in [0.2, 0.25) is 0 Å². The summed E-state index contributed by atoms with van der Waals surface area (Å²) < 4.78 is 71.6. The van der Waals surface area contributed by atoms with Crippen molar-refractivity contribution < 1.29 is 49.7 Å². The van der Waals surface area contributed by atoms with Gasteiger partial charge in [0.25, 0.3) is 0 Å². The van der Waals surface area contributed by atoms with Crippen LogP contribution in [-0.4, -0.2) is 114 Å². The van der Waals surface area contributed by atoms with E-state index in [-0.39, 0.29) is 18.0 Å². The number of rotatable bonds is 19. The number of nitrogens with one attached hydrogen (secondary N) is 2. The van der Waals surface area contributed by atoms with Gasteiger partial charge in [-0.15, -0.1) is 4.28 Å². The molecule has 3 amide bonds. The summed E-state index contributed by atoms with van der Waals surface area (Å²) >= 11 is 0. The number of hydrogen-bond donors (Lipinski definition) is 4. The lowest BCUT2D eigenvalue weighted by Crippen LogP contribution is -2.50. The number of nitrogens with zero attached hydrogens (tertiary/aromatic N) is 6. The first-order chi connectivity index (χ1) is 23.8. The lowest BCUT2D eigenvalue weighted by Gasteiger charge is -2.39. The van der Waals surface area contributed by atoms with Crippen molar-refractivity contribution in [1.82, 2.24) is 29.2 Å². The van der Waals surface area contributed by atoms with Gasteiger partial charge >= 0.3 is 32.7 Å². The molecule has 0 radical (unpaired) electrons. The Bertz CT molecular complexity index is 1510. The summed E-state index contributed by atoms with van der Waals surface area (Å²) in [6.45, 7) is 18.8. The second-order valence-electron chi connectivity index (χ2n) is 14.0. The molecule has 1 saturated heterocycles. The Hall–Kier alpha value is -3.04. The largest absolute Gasteiger partial charge is 0.443 e. The molecule has 3 rings (SSSR count). The Morgan fingerprint density at radius 2 is 1.51 bits per heavy atom. The van der Waals surface area contributed by atoms with Crippen LogP contribution in [0.25, 0.3) is 0 Å². The van der Waals surface area contributed by atoms with Gasteiger partial charge in [0.1, 0.15) is 23.4 Å². The highest BCUT2D eigenvalue weighted by molar-refractivity contribution is 7.88. The quantitative estimate of drug-likeness (QED) is 0.0514. The molecule has 0 aromatic carbocycles. The number of aryl methyl sites for hydroxylation is 1. The van der Waals surface area contributed by atoms with Crippen molar-refractivity contribution in [2.75, 3.05) is 39.3 Å². The molecule has 2 atom stereocenters. The zero-order valence-corrected chi connectivity index (χ0v) is 32.9. The van der Waals surface area contributed by atoms with Gasteiger partial charge in [0.05, 0.1) is 51.2 Å². The third-order valence-corrected chi connectivity index (χ3v) is 9.96. The lowest BCUT2D eigenvalue weighted by atomic mass is 9.95. The Kier molecular flexibility index (Phi) is 16.6. The van der Waals surface area contributed by atoms with Crippen LogP contribution in [0.3, 0.4) is 0 Å². The maximum Gasteiger partial charge on any atom is 0.422 e. The van der Waals surface area contributed by atoms with Crippen LogP contribution in [0.4, 0.5) is 9.59 Å². The van der Waals surface area contributed by atoms with Crippen molar-refractivity contribution in [1.29, 1.82) is 0 Å². The van der Waals surface area contributed by atoms with Crippen molar-refractivity contribution in [3.63, 3.8) is 0 Å². The van der Waals surface area contributed by atoms with Crippen LogP contribution in [0.1, 0.15) is 123 Å².